The largest absolute Gasteiger partial charge is 0.468 e. The maximum Gasteiger partial charge on any atom is 0.321 e. The lowest BCUT2D eigenvalue weighted by molar-refractivity contribution is -0.167. The molecule has 0 N–H and O–H groups in total. The van der Waals surface area contributed by atoms with Crippen molar-refractivity contribution in [3.05, 3.63) is 0 Å². The van der Waals surface area contributed by atoms with Gasteiger partial charge >= 0.3 is 5.97 Å². The van der Waals surface area contributed by atoms with E-state index in [1.54, 1.807) is 0 Å². The van der Waals surface area contributed by atoms with E-state index >= 15 is 0 Å². The standard InChI is InChI=1S/C10H14O5/c1-14-9(13)10(4-2-5-11)7-15-6-3-8(10)12/h5H,2-4,6-7H2,1H3. The molecule has 0 aromatic carbocycles. The number of ketones is 1. The smallest absolute Gasteiger partial charge is 0.321 e. The molecule has 0 aliphatic carbocycles. The van der Waals surface area contributed by atoms with Crippen molar-refractivity contribution in [2.24, 2.45) is 5.41 Å². The molecule has 0 radical (unpaired) electrons. The van der Waals surface area contributed by atoms with Crippen LogP contribution in [0.25, 0.3) is 0 Å². The summed E-state index contributed by atoms with van der Waals surface area (Å²) < 4.78 is 9.74. The molecule has 5 nitrogen and oxygen atoms in total. The number of carbonyl (C=O) groups is 3. The zero-order chi connectivity index (χ0) is 11.3. The molecule has 1 aliphatic heterocycles. The minimum Gasteiger partial charge on any atom is -0.468 e. The molecular formula is C10H14O5. The van der Waals surface area contributed by atoms with Crippen molar-refractivity contribution in [1.82, 2.24) is 0 Å². The highest BCUT2D eigenvalue weighted by Crippen LogP contribution is 2.31. The normalized spacial score (nSPS) is 26.1. The molecule has 1 atom stereocenters. The highest BCUT2D eigenvalue weighted by molar-refractivity contribution is 6.04. The second kappa shape index (κ2) is 5.02. The van der Waals surface area contributed by atoms with Crippen molar-refractivity contribution >= 4 is 18.0 Å². The van der Waals surface area contributed by atoms with Crippen LogP contribution < -0.4 is 0 Å². The Morgan fingerprint density at radius 3 is 2.93 bits per heavy atom. The Balaban J connectivity index is 2.87. The van der Waals surface area contributed by atoms with Crippen molar-refractivity contribution in [3.8, 4) is 0 Å². The van der Waals surface area contributed by atoms with Crippen LogP contribution in [0.15, 0.2) is 0 Å². The average Bonchev–Trinajstić information content (AvgIpc) is 2.27. The first-order chi connectivity index (χ1) is 7.17. The predicted molar refractivity (Wildman–Crippen MR) is 50.2 cm³/mol. The molecule has 0 aromatic heterocycles. The topological polar surface area (TPSA) is 69.7 Å². The third-order valence-corrected chi connectivity index (χ3v) is 2.62. The van der Waals surface area contributed by atoms with E-state index in [0.717, 1.165) is 0 Å². The number of methoxy groups -OCH3 is 1. The molecule has 0 bridgehead atoms. The summed E-state index contributed by atoms with van der Waals surface area (Å²) in [6.45, 7) is 0.352. The molecule has 1 heterocycles. The van der Waals surface area contributed by atoms with Gasteiger partial charge in [0.2, 0.25) is 0 Å². The number of esters is 1. The van der Waals surface area contributed by atoms with E-state index in [4.69, 9.17) is 4.74 Å². The maximum absolute atomic E-state index is 11.7. The van der Waals surface area contributed by atoms with E-state index in [1.165, 1.54) is 7.11 Å². The molecule has 0 saturated carbocycles. The van der Waals surface area contributed by atoms with Crippen LogP contribution >= 0.6 is 0 Å². The van der Waals surface area contributed by atoms with E-state index in [-0.39, 0.29) is 31.7 Å². The lowest BCUT2D eigenvalue weighted by atomic mass is 9.77. The van der Waals surface area contributed by atoms with Crippen LogP contribution in [0.3, 0.4) is 0 Å². The molecule has 1 saturated heterocycles. The molecule has 1 rings (SSSR count). The van der Waals surface area contributed by atoms with Gasteiger partial charge < -0.3 is 14.3 Å². The van der Waals surface area contributed by atoms with Gasteiger partial charge in [0, 0.05) is 12.8 Å². The molecular weight excluding hydrogens is 200 g/mol. The van der Waals surface area contributed by atoms with Crippen molar-refractivity contribution in [1.29, 1.82) is 0 Å². The Labute approximate surface area is 87.7 Å². The van der Waals surface area contributed by atoms with Crippen LogP contribution in [0.2, 0.25) is 0 Å². The lowest BCUT2D eigenvalue weighted by Gasteiger charge is -2.32. The third-order valence-electron chi connectivity index (χ3n) is 2.62. The molecule has 84 valence electrons. The van der Waals surface area contributed by atoms with Crippen LogP contribution in [0.5, 0.6) is 0 Å². The van der Waals surface area contributed by atoms with Gasteiger partial charge in [-0.3, -0.25) is 9.59 Å². The van der Waals surface area contributed by atoms with Gasteiger partial charge in [-0.05, 0) is 6.42 Å². The average molecular weight is 214 g/mol. The highest BCUT2D eigenvalue weighted by Gasteiger charge is 2.48. The first kappa shape index (κ1) is 11.8. The summed E-state index contributed by atoms with van der Waals surface area (Å²) in [5, 5.41) is 0. The van der Waals surface area contributed by atoms with Crippen molar-refractivity contribution in [2.75, 3.05) is 20.3 Å². The third kappa shape index (κ3) is 2.23. The molecule has 1 aliphatic rings. The fourth-order valence-corrected chi connectivity index (χ4v) is 1.72. The Morgan fingerprint density at radius 1 is 1.67 bits per heavy atom. The van der Waals surface area contributed by atoms with Crippen LogP contribution in [0, 0.1) is 5.41 Å². The van der Waals surface area contributed by atoms with E-state index < -0.39 is 11.4 Å². The van der Waals surface area contributed by atoms with Crippen molar-refractivity contribution < 1.29 is 23.9 Å². The maximum atomic E-state index is 11.7. The summed E-state index contributed by atoms with van der Waals surface area (Å²) in [4.78, 5) is 33.6. The van der Waals surface area contributed by atoms with Crippen LogP contribution in [-0.4, -0.2) is 38.4 Å². The van der Waals surface area contributed by atoms with Gasteiger partial charge in [0.15, 0.2) is 5.78 Å². The highest BCUT2D eigenvalue weighted by atomic mass is 16.5. The molecule has 1 unspecified atom stereocenters. The minimum absolute atomic E-state index is 0.0202. The van der Waals surface area contributed by atoms with Gasteiger partial charge in [-0.1, -0.05) is 0 Å². The van der Waals surface area contributed by atoms with Crippen LogP contribution in [-0.2, 0) is 23.9 Å². The summed E-state index contributed by atoms with van der Waals surface area (Å²) in [7, 11) is 1.23. The number of hydrogen-bond donors (Lipinski definition) is 0. The van der Waals surface area contributed by atoms with Crippen LogP contribution in [0.4, 0.5) is 0 Å². The first-order valence-electron chi connectivity index (χ1n) is 4.80. The van der Waals surface area contributed by atoms with Crippen molar-refractivity contribution in [3.63, 3.8) is 0 Å². The predicted octanol–water partition coefficient (Wildman–Crippen LogP) is 0.114. The first-order valence-corrected chi connectivity index (χ1v) is 4.80. The summed E-state index contributed by atoms with van der Waals surface area (Å²) in [5.74, 6) is -0.795. The van der Waals surface area contributed by atoms with Crippen molar-refractivity contribution in [2.45, 2.75) is 19.3 Å². The van der Waals surface area contributed by atoms with E-state index in [9.17, 15) is 14.4 Å². The molecule has 0 spiro atoms. The summed E-state index contributed by atoms with van der Waals surface area (Å²) in [6, 6.07) is 0. The zero-order valence-corrected chi connectivity index (χ0v) is 8.65. The minimum atomic E-state index is -1.26. The number of rotatable bonds is 4. The number of carbonyl (C=O) groups excluding carboxylic acids is 3. The summed E-state index contributed by atoms with van der Waals surface area (Å²) in [5.41, 5.74) is -1.26. The molecule has 0 aromatic rings. The monoisotopic (exact) mass is 214 g/mol. The number of ether oxygens (including phenoxy) is 2. The van der Waals surface area contributed by atoms with E-state index in [0.29, 0.717) is 12.9 Å². The van der Waals surface area contributed by atoms with Gasteiger partial charge in [0.1, 0.15) is 11.7 Å². The van der Waals surface area contributed by atoms with E-state index in [2.05, 4.69) is 4.74 Å². The number of hydrogen-bond acceptors (Lipinski definition) is 5. The van der Waals surface area contributed by atoms with Gasteiger partial charge in [-0.2, -0.15) is 0 Å². The van der Waals surface area contributed by atoms with Crippen LogP contribution in [0.1, 0.15) is 19.3 Å². The second-order valence-corrected chi connectivity index (χ2v) is 3.50. The number of Topliss-reactive ketones (excluding diaryl/α,β-unsaturated/α-hetero) is 1. The second-order valence-electron chi connectivity index (χ2n) is 3.50. The zero-order valence-electron chi connectivity index (χ0n) is 8.65. The quantitative estimate of drug-likeness (QED) is 0.377. The summed E-state index contributed by atoms with van der Waals surface area (Å²) in [6.07, 6.45) is 1.22. The van der Waals surface area contributed by atoms with Gasteiger partial charge in [0.05, 0.1) is 20.3 Å². The SMILES string of the molecule is COC(=O)C1(CCC=O)COCCC1=O. The van der Waals surface area contributed by atoms with E-state index in [1.807, 2.05) is 0 Å². The Morgan fingerprint density at radius 2 is 2.40 bits per heavy atom. The summed E-state index contributed by atoms with van der Waals surface area (Å²) >= 11 is 0. The fraction of sp³-hybridized carbons (Fsp3) is 0.700. The molecule has 5 heteroatoms. The Hall–Kier alpha value is -1.23. The molecule has 0 amide bonds. The lowest BCUT2D eigenvalue weighted by Crippen LogP contribution is -2.47. The van der Waals surface area contributed by atoms with Gasteiger partial charge in [-0.15, -0.1) is 0 Å². The fourth-order valence-electron chi connectivity index (χ4n) is 1.72. The number of aldehydes is 1. The molecule has 15 heavy (non-hydrogen) atoms. The van der Waals surface area contributed by atoms with Gasteiger partial charge in [-0.25, -0.2) is 0 Å². The van der Waals surface area contributed by atoms with Gasteiger partial charge in [0.25, 0.3) is 0 Å². The molecule has 1 fully saturated rings. The Bertz CT molecular complexity index is 263. The Kier molecular flexibility index (Phi) is 3.96.